The Hall–Kier alpha value is -3.15. The number of aryl methyl sites for hydroxylation is 3. The maximum Gasteiger partial charge on any atom is 0.325 e. The van der Waals surface area contributed by atoms with E-state index in [-0.39, 0.29) is 6.54 Å². The standard InChI is InChI=1S/C23H25N3O3/c1-14-6-4-9-19(15(14)2)24-20(27)13-26-21(28)23(3,25-22(26)29)18-11-10-16-7-5-8-17(16)12-18/h4,6,9-12H,5,7-8,13H2,1-3H3,(H,24,27)(H,25,29). The molecule has 1 saturated heterocycles. The predicted octanol–water partition coefficient (Wildman–Crippen LogP) is 3.20. The minimum absolute atomic E-state index is 0.321. The van der Waals surface area contributed by atoms with Gasteiger partial charge in [0.05, 0.1) is 0 Å². The molecule has 0 bridgehead atoms. The van der Waals surface area contributed by atoms with Gasteiger partial charge in [0.25, 0.3) is 5.91 Å². The van der Waals surface area contributed by atoms with E-state index in [1.54, 1.807) is 13.0 Å². The summed E-state index contributed by atoms with van der Waals surface area (Å²) in [5.41, 5.74) is 4.84. The van der Waals surface area contributed by atoms with Crippen molar-refractivity contribution in [3.8, 4) is 0 Å². The summed E-state index contributed by atoms with van der Waals surface area (Å²) < 4.78 is 0. The summed E-state index contributed by atoms with van der Waals surface area (Å²) in [7, 11) is 0. The number of urea groups is 1. The van der Waals surface area contributed by atoms with Crippen molar-refractivity contribution in [2.24, 2.45) is 0 Å². The largest absolute Gasteiger partial charge is 0.325 e. The quantitative estimate of drug-likeness (QED) is 0.786. The summed E-state index contributed by atoms with van der Waals surface area (Å²) >= 11 is 0. The van der Waals surface area contributed by atoms with Crippen LogP contribution in [-0.2, 0) is 28.0 Å². The Morgan fingerprint density at radius 3 is 2.69 bits per heavy atom. The molecule has 2 aromatic carbocycles. The topological polar surface area (TPSA) is 78.5 Å². The molecule has 4 amide bonds. The lowest BCUT2D eigenvalue weighted by Gasteiger charge is -2.23. The number of rotatable bonds is 4. The van der Waals surface area contributed by atoms with Gasteiger partial charge < -0.3 is 10.6 Å². The first-order valence-corrected chi connectivity index (χ1v) is 9.92. The highest BCUT2D eigenvalue weighted by molar-refractivity contribution is 6.10. The molecule has 1 aliphatic carbocycles. The molecule has 2 aromatic rings. The maximum atomic E-state index is 13.1. The van der Waals surface area contributed by atoms with Crippen LogP contribution in [0, 0.1) is 13.8 Å². The van der Waals surface area contributed by atoms with Crippen LogP contribution in [0.1, 0.15) is 41.2 Å². The molecule has 1 atom stereocenters. The Morgan fingerprint density at radius 1 is 1.14 bits per heavy atom. The zero-order valence-corrected chi connectivity index (χ0v) is 17.0. The smallest absolute Gasteiger partial charge is 0.324 e. The number of hydrogen-bond acceptors (Lipinski definition) is 3. The van der Waals surface area contributed by atoms with Crippen LogP contribution in [0.2, 0.25) is 0 Å². The van der Waals surface area contributed by atoms with Crippen LogP contribution in [-0.4, -0.2) is 29.3 Å². The second kappa shape index (κ2) is 7.03. The molecule has 1 aliphatic heterocycles. The monoisotopic (exact) mass is 391 g/mol. The van der Waals surface area contributed by atoms with Gasteiger partial charge in [-0.05, 0) is 73.9 Å². The molecule has 0 spiro atoms. The van der Waals surface area contributed by atoms with E-state index in [9.17, 15) is 14.4 Å². The molecule has 1 fully saturated rings. The van der Waals surface area contributed by atoms with E-state index in [4.69, 9.17) is 0 Å². The minimum Gasteiger partial charge on any atom is -0.324 e. The van der Waals surface area contributed by atoms with E-state index in [1.165, 1.54) is 11.1 Å². The van der Waals surface area contributed by atoms with Gasteiger partial charge in [-0.1, -0.05) is 30.3 Å². The van der Waals surface area contributed by atoms with Crippen molar-refractivity contribution < 1.29 is 14.4 Å². The number of carbonyl (C=O) groups excluding carboxylic acids is 3. The van der Waals surface area contributed by atoms with Crippen LogP contribution in [0.5, 0.6) is 0 Å². The van der Waals surface area contributed by atoms with Gasteiger partial charge in [0.2, 0.25) is 5.91 Å². The van der Waals surface area contributed by atoms with E-state index in [0.29, 0.717) is 5.69 Å². The molecule has 4 rings (SSSR count). The molecule has 0 radical (unpaired) electrons. The van der Waals surface area contributed by atoms with Crippen LogP contribution in [0.15, 0.2) is 36.4 Å². The zero-order chi connectivity index (χ0) is 20.8. The molecule has 1 unspecified atom stereocenters. The summed E-state index contributed by atoms with van der Waals surface area (Å²) in [6.45, 7) is 5.26. The SMILES string of the molecule is Cc1cccc(NC(=O)CN2C(=O)NC(C)(c3ccc4c(c3)CCC4)C2=O)c1C. The molecule has 2 aliphatic rings. The molecular weight excluding hydrogens is 366 g/mol. The number of amides is 4. The Bertz CT molecular complexity index is 1030. The van der Waals surface area contributed by atoms with E-state index in [0.717, 1.165) is 40.9 Å². The highest BCUT2D eigenvalue weighted by atomic mass is 16.2. The van der Waals surface area contributed by atoms with Crippen LogP contribution in [0.25, 0.3) is 0 Å². The number of fused-ring (bicyclic) bond motifs is 1. The van der Waals surface area contributed by atoms with Gasteiger partial charge in [0.1, 0.15) is 12.1 Å². The highest BCUT2D eigenvalue weighted by Gasteiger charge is 2.49. The molecule has 29 heavy (non-hydrogen) atoms. The molecule has 6 heteroatoms. The number of hydrogen-bond donors (Lipinski definition) is 2. The van der Waals surface area contributed by atoms with Crippen molar-refractivity contribution in [1.82, 2.24) is 10.2 Å². The first-order chi connectivity index (χ1) is 13.8. The molecule has 0 saturated carbocycles. The fourth-order valence-electron chi connectivity index (χ4n) is 4.14. The molecule has 6 nitrogen and oxygen atoms in total. The van der Waals surface area contributed by atoms with Crippen LogP contribution in [0.4, 0.5) is 10.5 Å². The number of carbonyl (C=O) groups is 3. The Morgan fingerprint density at radius 2 is 1.90 bits per heavy atom. The van der Waals surface area contributed by atoms with E-state index in [1.807, 2.05) is 44.2 Å². The van der Waals surface area contributed by atoms with Gasteiger partial charge in [-0.2, -0.15) is 0 Å². The molecular formula is C23H25N3O3. The highest BCUT2D eigenvalue weighted by Crippen LogP contribution is 2.32. The second-order valence-electron chi connectivity index (χ2n) is 8.08. The molecule has 2 N–H and O–H groups in total. The van der Waals surface area contributed by atoms with Crippen molar-refractivity contribution in [2.45, 2.75) is 45.6 Å². The lowest BCUT2D eigenvalue weighted by Crippen LogP contribution is -2.42. The Kier molecular flexibility index (Phi) is 4.65. The number of nitrogens with one attached hydrogen (secondary N) is 2. The number of anilines is 1. The van der Waals surface area contributed by atoms with Crippen LogP contribution < -0.4 is 10.6 Å². The molecule has 1 heterocycles. The van der Waals surface area contributed by atoms with Crippen LogP contribution in [0.3, 0.4) is 0 Å². The van der Waals surface area contributed by atoms with E-state index in [2.05, 4.69) is 10.6 Å². The third kappa shape index (κ3) is 3.28. The first-order valence-electron chi connectivity index (χ1n) is 9.92. The van der Waals surface area contributed by atoms with Crippen molar-refractivity contribution in [1.29, 1.82) is 0 Å². The van der Waals surface area contributed by atoms with Gasteiger partial charge in [0, 0.05) is 5.69 Å². The van der Waals surface area contributed by atoms with E-state index < -0.39 is 23.4 Å². The van der Waals surface area contributed by atoms with Crippen molar-refractivity contribution in [2.75, 3.05) is 11.9 Å². The van der Waals surface area contributed by atoms with Crippen LogP contribution >= 0.6 is 0 Å². The summed E-state index contributed by atoms with van der Waals surface area (Å²) in [5.74, 6) is -0.808. The normalized spacial score (nSPS) is 20.6. The fourth-order valence-corrected chi connectivity index (χ4v) is 4.14. The third-order valence-electron chi connectivity index (χ3n) is 6.13. The van der Waals surface area contributed by atoms with Gasteiger partial charge in [-0.25, -0.2) is 4.79 Å². The van der Waals surface area contributed by atoms with Crippen molar-refractivity contribution in [3.05, 3.63) is 64.2 Å². The van der Waals surface area contributed by atoms with Crippen molar-refractivity contribution >= 4 is 23.5 Å². The summed E-state index contributed by atoms with van der Waals surface area (Å²) in [5, 5.41) is 5.59. The summed E-state index contributed by atoms with van der Waals surface area (Å²) in [6, 6.07) is 11.0. The fraction of sp³-hybridized carbons (Fsp3) is 0.348. The van der Waals surface area contributed by atoms with Gasteiger partial charge >= 0.3 is 6.03 Å². The Balaban J connectivity index is 1.52. The van der Waals surface area contributed by atoms with Gasteiger partial charge in [-0.3, -0.25) is 14.5 Å². The third-order valence-corrected chi connectivity index (χ3v) is 6.13. The first kappa shape index (κ1) is 19.2. The predicted molar refractivity (Wildman–Crippen MR) is 111 cm³/mol. The minimum atomic E-state index is -1.16. The lowest BCUT2D eigenvalue weighted by molar-refractivity contribution is -0.133. The van der Waals surface area contributed by atoms with Gasteiger partial charge in [-0.15, -0.1) is 0 Å². The average molecular weight is 391 g/mol. The summed E-state index contributed by atoms with van der Waals surface area (Å²) in [4.78, 5) is 39.2. The Labute approximate surface area is 170 Å². The maximum absolute atomic E-state index is 13.1. The molecule has 150 valence electrons. The zero-order valence-electron chi connectivity index (χ0n) is 17.0. The molecule has 0 aromatic heterocycles. The number of benzene rings is 2. The van der Waals surface area contributed by atoms with E-state index >= 15 is 0 Å². The second-order valence-corrected chi connectivity index (χ2v) is 8.08. The van der Waals surface area contributed by atoms with Gasteiger partial charge in [0.15, 0.2) is 0 Å². The van der Waals surface area contributed by atoms with Crippen molar-refractivity contribution in [3.63, 3.8) is 0 Å². The average Bonchev–Trinajstić information content (AvgIpc) is 3.24. The number of imide groups is 1. The lowest BCUT2D eigenvalue weighted by atomic mass is 9.89. The summed E-state index contributed by atoms with van der Waals surface area (Å²) in [6.07, 6.45) is 3.15. The number of nitrogens with zero attached hydrogens (tertiary/aromatic N) is 1.